The van der Waals surface area contributed by atoms with Gasteiger partial charge in [0.05, 0.1) is 5.69 Å². The van der Waals surface area contributed by atoms with Crippen LogP contribution >= 0.6 is 11.3 Å². The van der Waals surface area contributed by atoms with Gasteiger partial charge in [0.2, 0.25) is 0 Å². The van der Waals surface area contributed by atoms with Crippen LogP contribution in [0.4, 0.5) is 0 Å². The first kappa shape index (κ1) is 11.3. The molecular formula is C13H14N4S. The molecule has 3 aromatic heterocycles. The molecule has 5 heteroatoms. The average molecular weight is 258 g/mol. The van der Waals surface area contributed by atoms with E-state index in [0.717, 1.165) is 23.5 Å². The highest BCUT2D eigenvalue weighted by Crippen LogP contribution is 2.21. The van der Waals surface area contributed by atoms with E-state index in [-0.39, 0.29) is 0 Å². The zero-order valence-electron chi connectivity index (χ0n) is 10.4. The SMILES string of the molecule is CC(C)Cc1nc2nccc(-c3ccsc3)n2n1. The second-order valence-corrected chi connectivity index (χ2v) is 5.46. The number of nitrogens with zero attached hydrogens (tertiary/aromatic N) is 4. The van der Waals surface area contributed by atoms with E-state index in [1.165, 1.54) is 0 Å². The molecule has 3 aromatic rings. The Bertz CT molecular complexity index is 655. The third-order valence-corrected chi connectivity index (χ3v) is 3.38. The van der Waals surface area contributed by atoms with Gasteiger partial charge in [-0.15, -0.1) is 5.10 Å². The van der Waals surface area contributed by atoms with E-state index in [1.54, 1.807) is 17.5 Å². The van der Waals surface area contributed by atoms with Gasteiger partial charge in [0.15, 0.2) is 5.82 Å². The Kier molecular flexibility index (Phi) is 2.83. The molecule has 3 heterocycles. The van der Waals surface area contributed by atoms with Crippen molar-refractivity contribution in [2.24, 2.45) is 5.92 Å². The molecule has 18 heavy (non-hydrogen) atoms. The summed E-state index contributed by atoms with van der Waals surface area (Å²) in [5.41, 5.74) is 2.21. The van der Waals surface area contributed by atoms with Gasteiger partial charge in [0.1, 0.15) is 0 Å². The minimum atomic E-state index is 0.548. The van der Waals surface area contributed by atoms with Gasteiger partial charge >= 0.3 is 0 Å². The second-order valence-electron chi connectivity index (χ2n) is 4.68. The van der Waals surface area contributed by atoms with Crippen molar-refractivity contribution in [3.05, 3.63) is 34.9 Å². The summed E-state index contributed by atoms with van der Waals surface area (Å²) in [6.45, 7) is 4.33. The fourth-order valence-electron chi connectivity index (χ4n) is 1.92. The molecule has 0 saturated heterocycles. The van der Waals surface area contributed by atoms with E-state index in [9.17, 15) is 0 Å². The molecule has 0 fully saturated rings. The maximum absolute atomic E-state index is 4.56. The van der Waals surface area contributed by atoms with Crippen molar-refractivity contribution in [1.29, 1.82) is 0 Å². The van der Waals surface area contributed by atoms with Crippen LogP contribution in [0.15, 0.2) is 29.1 Å². The van der Waals surface area contributed by atoms with Gasteiger partial charge in [-0.2, -0.15) is 20.8 Å². The number of aromatic nitrogens is 4. The van der Waals surface area contributed by atoms with Crippen molar-refractivity contribution in [3.63, 3.8) is 0 Å². The Morgan fingerprint density at radius 3 is 2.94 bits per heavy atom. The first-order valence-corrected chi connectivity index (χ1v) is 6.91. The quantitative estimate of drug-likeness (QED) is 0.725. The molecule has 0 spiro atoms. The fourth-order valence-corrected chi connectivity index (χ4v) is 2.57. The van der Waals surface area contributed by atoms with Crippen LogP contribution in [0.5, 0.6) is 0 Å². The van der Waals surface area contributed by atoms with Crippen molar-refractivity contribution < 1.29 is 0 Å². The lowest BCUT2D eigenvalue weighted by molar-refractivity contribution is 0.620. The first-order chi connectivity index (χ1) is 8.74. The van der Waals surface area contributed by atoms with Crippen LogP contribution in [0, 0.1) is 5.92 Å². The Hall–Kier alpha value is -1.75. The lowest BCUT2D eigenvalue weighted by Gasteiger charge is -2.00. The highest BCUT2D eigenvalue weighted by molar-refractivity contribution is 7.08. The van der Waals surface area contributed by atoms with Crippen molar-refractivity contribution in [3.8, 4) is 11.3 Å². The molecule has 0 unspecified atom stereocenters. The average Bonchev–Trinajstić information content (AvgIpc) is 2.94. The Morgan fingerprint density at radius 1 is 1.33 bits per heavy atom. The summed E-state index contributed by atoms with van der Waals surface area (Å²) >= 11 is 1.68. The molecule has 3 rings (SSSR count). The normalized spacial score (nSPS) is 11.5. The van der Waals surface area contributed by atoms with Gasteiger partial charge in [-0.05, 0) is 23.4 Å². The van der Waals surface area contributed by atoms with E-state index in [4.69, 9.17) is 0 Å². The molecule has 0 aliphatic heterocycles. The maximum Gasteiger partial charge on any atom is 0.252 e. The van der Waals surface area contributed by atoms with E-state index in [2.05, 4.69) is 45.7 Å². The predicted molar refractivity (Wildman–Crippen MR) is 72.6 cm³/mol. The summed E-state index contributed by atoms with van der Waals surface area (Å²) in [5, 5.41) is 8.73. The lowest BCUT2D eigenvalue weighted by Crippen LogP contribution is -1.98. The van der Waals surface area contributed by atoms with Gasteiger partial charge in [-0.3, -0.25) is 0 Å². The van der Waals surface area contributed by atoms with Gasteiger partial charge in [0, 0.05) is 23.6 Å². The van der Waals surface area contributed by atoms with Crippen LogP contribution in [-0.2, 0) is 6.42 Å². The summed E-state index contributed by atoms with van der Waals surface area (Å²) in [7, 11) is 0. The van der Waals surface area contributed by atoms with Crippen LogP contribution in [0.3, 0.4) is 0 Å². The third kappa shape index (κ3) is 2.01. The Balaban J connectivity index is 2.13. The number of hydrogen-bond acceptors (Lipinski definition) is 4. The van der Waals surface area contributed by atoms with Crippen LogP contribution in [-0.4, -0.2) is 19.6 Å². The summed E-state index contributed by atoms with van der Waals surface area (Å²) in [4.78, 5) is 8.74. The molecule has 0 N–H and O–H groups in total. The van der Waals surface area contributed by atoms with Crippen molar-refractivity contribution in [1.82, 2.24) is 19.6 Å². The minimum Gasteiger partial charge on any atom is -0.220 e. The highest BCUT2D eigenvalue weighted by Gasteiger charge is 2.10. The second kappa shape index (κ2) is 4.49. The number of fused-ring (bicyclic) bond motifs is 1. The zero-order valence-corrected chi connectivity index (χ0v) is 11.2. The summed E-state index contributed by atoms with van der Waals surface area (Å²) < 4.78 is 1.83. The van der Waals surface area contributed by atoms with E-state index in [0.29, 0.717) is 11.7 Å². The molecule has 92 valence electrons. The Morgan fingerprint density at radius 2 is 2.22 bits per heavy atom. The van der Waals surface area contributed by atoms with Crippen molar-refractivity contribution in [2.45, 2.75) is 20.3 Å². The zero-order chi connectivity index (χ0) is 12.5. The topological polar surface area (TPSA) is 43.1 Å². The number of rotatable bonds is 3. The standard InChI is InChI=1S/C13H14N4S/c1-9(2)7-12-15-13-14-5-3-11(17(13)16-12)10-4-6-18-8-10/h3-6,8-9H,7H2,1-2H3. The highest BCUT2D eigenvalue weighted by atomic mass is 32.1. The fraction of sp³-hybridized carbons (Fsp3) is 0.308. The van der Waals surface area contributed by atoms with Gasteiger partial charge in [0.25, 0.3) is 5.78 Å². The minimum absolute atomic E-state index is 0.548. The largest absolute Gasteiger partial charge is 0.252 e. The first-order valence-electron chi connectivity index (χ1n) is 5.97. The van der Waals surface area contributed by atoms with E-state index in [1.807, 2.05) is 10.6 Å². The van der Waals surface area contributed by atoms with Crippen LogP contribution in [0.2, 0.25) is 0 Å². The number of thiophene rings is 1. The monoisotopic (exact) mass is 258 g/mol. The molecule has 0 atom stereocenters. The smallest absolute Gasteiger partial charge is 0.220 e. The summed E-state index contributed by atoms with van der Waals surface area (Å²) in [5.74, 6) is 2.08. The van der Waals surface area contributed by atoms with E-state index < -0.39 is 0 Å². The summed E-state index contributed by atoms with van der Waals surface area (Å²) in [6.07, 6.45) is 2.67. The van der Waals surface area contributed by atoms with E-state index >= 15 is 0 Å². The molecule has 0 aliphatic rings. The van der Waals surface area contributed by atoms with Crippen LogP contribution < -0.4 is 0 Å². The molecule has 0 amide bonds. The maximum atomic E-state index is 4.56. The lowest BCUT2D eigenvalue weighted by atomic mass is 10.1. The summed E-state index contributed by atoms with van der Waals surface area (Å²) in [6, 6.07) is 4.06. The molecular weight excluding hydrogens is 244 g/mol. The third-order valence-electron chi connectivity index (χ3n) is 2.69. The molecule has 0 radical (unpaired) electrons. The van der Waals surface area contributed by atoms with Crippen molar-refractivity contribution in [2.75, 3.05) is 0 Å². The van der Waals surface area contributed by atoms with Crippen LogP contribution in [0.25, 0.3) is 17.0 Å². The predicted octanol–water partition coefficient (Wildman–Crippen LogP) is 3.05. The molecule has 0 bridgehead atoms. The molecule has 4 nitrogen and oxygen atoms in total. The van der Waals surface area contributed by atoms with Gasteiger partial charge in [-0.1, -0.05) is 13.8 Å². The molecule has 0 aromatic carbocycles. The van der Waals surface area contributed by atoms with Crippen LogP contribution in [0.1, 0.15) is 19.7 Å². The van der Waals surface area contributed by atoms with Gasteiger partial charge in [-0.25, -0.2) is 4.98 Å². The number of hydrogen-bond donors (Lipinski definition) is 0. The molecule has 0 saturated carbocycles. The Labute approximate surface area is 109 Å². The van der Waals surface area contributed by atoms with Gasteiger partial charge < -0.3 is 0 Å². The molecule has 0 aliphatic carbocycles. The van der Waals surface area contributed by atoms with Crippen molar-refractivity contribution >= 4 is 17.1 Å².